The number of aryl methyl sites for hydroxylation is 1. The van der Waals surface area contributed by atoms with Gasteiger partial charge in [-0.05, 0) is 54.8 Å². The van der Waals surface area contributed by atoms with Crippen molar-refractivity contribution < 1.29 is 0 Å². The molecule has 21 heavy (non-hydrogen) atoms. The van der Waals surface area contributed by atoms with Crippen LogP contribution in [-0.4, -0.2) is 16.5 Å². The second kappa shape index (κ2) is 6.30. The maximum atomic E-state index is 4.84. The fourth-order valence-electron chi connectivity index (χ4n) is 2.39. The molecular weight excluding hydrogens is 373 g/mol. The predicted octanol–water partition coefficient (Wildman–Crippen LogP) is 4.29. The van der Waals surface area contributed by atoms with Gasteiger partial charge in [0.2, 0.25) is 0 Å². The SMILES string of the molecule is CCNc1nc(Cc2ccc(C)cc2)nc(C2CC2)c1I. The van der Waals surface area contributed by atoms with Gasteiger partial charge in [0.15, 0.2) is 0 Å². The van der Waals surface area contributed by atoms with Gasteiger partial charge in [-0.3, -0.25) is 0 Å². The number of benzene rings is 1. The first-order valence-electron chi connectivity index (χ1n) is 7.53. The quantitative estimate of drug-likeness (QED) is 0.771. The van der Waals surface area contributed by atoms with Gasteiger partial charge in [-0.2, -0.15) is 0 Å². The Bertz CT molecular complexity index is 633. The molecule has 1 aliphatic rings. The summed E-state index contributed by atoms with van der Waals surface area (Å²) in [6, 6.07) is 8.63. The summed E-state index contributed by atoms with van der Waals surface area (Å²) in [5.41, 5.74) is 3.80. The van der Waals surface area contributed by atoms with E-state index in [1.807, 2.05) is 0 Å². The molecule has 110 valence electrons. The summed E-state index contributed by atoms with van der Waals surface area (Å²) in [5, 5.41) is 3.38. The van der Waals surface area contributed by atoms with Crippen LogP contribution in [0.3, 0.4) is 0 Å². The molecule has 4 heteroatoms. The second-order valence-electron chi connectivity index (χ2n) is 5.65. The number of nitrogens with one attached hydrogen (secondary N) is 1. The van der Waals surface area contributed by atoms with Gasteiger partial charge in [-0.15, -0.1) is 0 Å². The van der Waals surface area contributed by atoms with Crippen molar-refractivity contribution in [2.75, 3.05) is 11.9 Å². The zero-order valence-electron chi connectivity index (χ0n) is 12.5. The molecule has 0 bridgehead atoms. The van der Waals surface area contributed by atoms with E-state index in [1.54, 1.807) is 0 Å². The van der Waals surface area contributed by atoms with E-state index in [0.717, 1.165) is 24.6 Å². The summed E-state index contributed by atoms with van der Waals surface area (Å²) >= 11 is 2.38. The smallest absolute Gasteiger partial charge is 0.143 e. The van der Waals surface area contributed by atoms with Crippen molar-refractivity contribution in [3.05, 3.63) is 50.5 Å². The van der Waals surface area contributed by atoms with Gasteiger partial charge in [-0.1, -0.05) is 29.8 Å². The molecule has 0 saturated heterocycles. The van der Waals surface area contributed by atoms with Crippen molar-refractivity contribution in [2.45, 2.75) is 39.0 Å². The first-order chi connectivity index (χ1) is 10.2. The zero-order valence-corrected chi connectivity index (χ0v) is 14.6. The van der Waals surface area contributed by atoms with Crippen LogP contribution in [-0.2, 0) is 6.42 Å². The molecule has 0 amide bonds. The molecule has 1 heterocycles. The van der Waals surface area contributed by atoms with Crippen LogP contribution in [0.2, 0.25) is 0 Å². The molecule has 3 rings (SSSR count). The molecule has 1 saturated carbocycles. The lowest BCUT2D eigenvalue weighted by Crippen LogP contribution is -2.09. The van der Waals surface area contributed by atoms with Crippen LogP contribution in [0, 0.1) is 10.5 Å². The highest BCUT2D eigenvalue weighted by molar-refractivity contribution is 14.1. The van der Waals surface area contributed by atoms with Crippen LogP contribution in [0.1, 0.15) is 48.3 Å². The van der Waals surface area contributed by atoms with E-state index >= 15 is 0 Å². The highest BCUT2D eigenvalue weighted by Gasteiger charge is 2.29. The Balaban J connectivity index is 1.91. The van der Waals surface area contributed by atoms with E-state index in [9.17, 15) is 0 Å². The third kappa shape index (κ3) is 3.54. The topological polar surface area (TPSA) is 37.8 Å². The number of aromatic nitrogens is 2. The van der Waals surface area contributed by atoms with E-state index in [-0.39, 0.29) is 0 Å². The van der Waals surface area contributed by atoms with Crippen molar-refractivity contribution >= 4 is 28.4 Å². The molecule has 3 nitrogen and oxygen atoms in total. The molecule has 1 N–H and O–H groups in total. The number of halogens is 1. The highest BCUT2D eigenvalue weighted by atomic mass is 127. The Kier molecular flexibility index (Phi) is 4.42. The first kappa shape index (κ1) is 14.8. The van der Waals surface area contributed by atoms with Crippen LogP contribution < -0.4 is 5.32 Å². The molecule has 1 fully saturated rings. The second-order valence-corrected chi connectivity index (χ2v) is 6.73. The summed E-state index contributed by atoms with van der Waals surface area (Å²) in [7, 11) is 0. The summed E-state index contributed by atoms with van der Waals surface area (Å²) in [4.78, 5) is 9.56. The average Bonchev–Trinajstić information content (AvgIpc) is 3.29. The number of hydrogen-bond donors (Lipinski definition) is 1. The molecule has 2 aromatic rings. The van der Waals surface area contributed by atoms with E-state index in [4.69, 9.17) is 9.97 Å². The number of hydrogen-bond acceptors (Lipinski definition) is 3. The maximum Gasteiger partial charge on any atom is 0.143 e. The van der Waals surface area contributed by atoms with Gasteiger partial charge in [0, 0.05) is 18.9 Å². The van der Waals surface area contributed by atoms with Crippen LogP contribution in [0.25, 0.3) is 0 Å². The third-order valence-electron chi connectivity index (χ3n) is 3.71. The van der Waals surface area contributed by atoms with Gasteiger partial charge in [0.05, 0.1) is 9.26 Å². The highest BCUT2D eigenvalue weighted by Crippen LogP contribution is 2.42. The van der Waals surface area contributed by atoms with Gasteiger partial charge in [0.1, 0.15) is 11.6 Å². The average molecular weight is 393 g/mol. The lowest BCUT2D eigenvalue weighted by atomic mass is 10.1. The van der Waals surface area contributed by atoms with Gasteiger partial charge in [-0.25, -0.2) is 9.97 Å². The summed E-state index contributed by atoms with van der Waals surface area (Å²) in [5.74, 6) is 2.57. The Labute approximate surface area is 139 Å². The minimum atomic E-state index is 0.647. The predicted molar refractivity (Wildman–Crippen MR) is 94.9 cm³/mol. The largest absolute Gasteiger partial charge is 0.369 e. The maximum absolute atomic E-state index is 4.84. The lowest BCUT2D eigenvalue weighted by molar-refractivity contribution is 0.887. The van der Waals surface area contributed by atoms with E-state index in [2.05, 4.69) is 66.0 Å². The van der Waals surface area contributed by atoms with Gasteiger partial charge in [0.25, 0.3) is 0 Å². The summed E-state index contributed by atoms with van der Waals surface area (Å²) in [6.07, 6.45) is 3.33. The minimum absolute atomic E-state index is 0.647. The summed E-state index contributed by atoms with van der Waals surface area (Å²) in [6.45, 7) is 5.11. The molecule has 1 aromatic heterocycles. The van der Waals surface area contributed by atoms with Crippen molar-refractivity contribution in [2.24, 2.45) is 0 Å². The van der Waals surface area contributed by atoms with Crippen LogP contribution in [0.5, 0.6) is 0 Å². The van der Waals surface area contributed by atoms with Crippen LogP contribution >= 0.6 is 22.6 Å². The molecule has 0 radical (unpaired) electrons. The minimum Gasteiger partial charge on any atom is -0.369 e. The molecule has 0 aliphatic heterocycles. The standard InChI is InChI=1S/C17H20IN3/c1-3-19-17-15(18)16(13-8-9-13)20-14(21-17)10-12-6-4-11(2)5-7-12/h4-7,13H,3,8-10H2,1-2H3,(H,19,20,21). The van der Waals surface area contributed by atoms with Crippen LogP contribution in [0.15, 0.2) is 24.3 Å². The molecule has 0 unspecified atom stereocenters. The fraction of sp³-hybridized carbons (Fsp3) is 0.412. The molecule has 0 spiro atoms. The van der Waals surface area contributed by atoms with Crippen molar-refractivity contribution in [1.29, 1.82) is 0 Å². The van der Waals surface area contributed by atoms with E-state index < -0.39 is 0 Å². The van der Waals surface area contributed by atoms with Gasteiger partial charge < -0.3 is 5.32 Å². The molecular formula is C17H20IN3. The zero-order chi connectivity index (χ0) is 14.8. The number of rotatable bonds is 5. The van der Waals surface area contributed by atoms with Crippen molar-refractivity contribution in [3.63, 3.8) is 0 Å². The fourth-order valence-corrected chi connectivity index (χ4v) is 3.26. The van der Waals surface area contributed by atoms with E-state index in [0.29, 0.717) is 5.92 Å². The monoisotopic (exact) mass is 393 g/mol. The molecule has 1 aliphatic carbocycles. The van der Waals surface area contributed by atoms with Crippen molar-refractivity contribution in [1.82, 2.24) is 9.97 Å². The Hall–Kier alpha value is -1.17. The number of nitrogens with zero attached hydrogens (tertiary/aromatic N) is 2. The Morgan fingerprint density at radius 2 is 1.90 bits per heavy atom. The lowest BCUT2D eigenvalue weighted by Gasteiger charge is -2.12. The Morgan fingerprint density at radius 3 is 2.52 bits per heavy atom. The van der Waals surface area contributed by atoms with Crippen molar-refractivity contribution in [3.8, 4) is 0 Å². The molecule has 1 aromatic carbocycles. The normalized spacial score (nSPS) is 14.2. The number of anilines is 1. The Morgan fingerprint density at radius 1 is 1.19 bits per heavy atom. The first-order valence-corrected chi connectivity index (χ1v) is 8.61. The van der Waals surface area contributed by atoms with Gasteiger partial charge >= 0.3 is 0 Å². The van der Waals surface area contributed by atoms with E-state index in [1.165, 1.54) is 33.2 Å². The summed E-state index contributed by atoms with van der Waals surface area (Å²) < 4.78 is 1.20. The van der Waals surface area contributed by atoms with Crippen LogP contribution in [0.4, 0.5) is 5.82 Å². The molecule has 0 atom stereocenters. The third-order valence-corrected chi connectivity index (χ3v) is 4.78.